The van der Waals surface area contributed by atoms with Crippen molar-refractivity contribution in [3.63, 3.8) is 0 Å². The quantitative estimate of drug-likeness (QED) is 0.569. The van der Waals surface area contributed by atoms with Crippen LogP contribution in [-0.2, 0) is 9.05 Å². The van der Waals surface area contributed by atoms with Gasteiger partial charge in [-0.2, -0.15) is 0 Å². The maximum atomic E-state index is 5.54. The Morgan fingerprint density at radius 2 is 1.55 bits per heavy atom. The van der Waals surface area contributed by atoms with Gasteiger partial charge in [-0.05, 0) is 12.8 Å². The molecule has 0 unspecified atom stereocenters. The zero-order valence-corrected chi connectivity index (χ0v) is 7.69. The molecule has 2 fully saturated rings. The monoisotopic (exact) mass is 174 g/mol. The lowest BCUT2D eigenvalue weighted by Crippen LogP contribution is -2.10. The van der Waals surface area contributed by atoms with Gasteiger partial charge in [-0.25, -0.2) is 0 Å². The van der Waals surface area contributed by atoms with Gasteiger partial charge in [0.1, 0.15) is 0 Å². The fraction of sp³-hybridized carbons (Fsp3) is 1.00. The summed E-state index contributed by atoms with van der Waals surface area (Å²) in [5.41, 5.74) is 0.765. The van der Waals surface area contributed by atoms with Gasteiger partial charge in [-0.15, -0.1) is 0 Å². The predicted molar refractivity (Wildman–Crippen MR) is 45.7 cm³/mol. The molecule has 0 aromatic carbocycles. The third-order valence-electron chi connectivity index (χ3n) is 2.39. The Balaban J connectivity index is 1.82. The molecular weight excluding hydrogens is 159 g/mol. The minimum Gasteiger partial charge on any atom is -0.331 e. The highest BCUT2D eigenvalue weighted by molar-refractivity contribution is 7.48. The molecule has 1 saturated carbocycles. The third-order valence-corrected chi connectivity index (χ3v) is 4.38. The Morgan fingerprint density at radius 1 is 0.909 bits per heavy atom. The molecular formula is C8H15O2P. The summed E-state index contributed by atoms with van der Waals surface area (Å²) >= 11 is 0. The first-order valence-electron chi connectivity index (χ1n) is 4.52. The average molecular weight is 174 g/mol. The van der Waals surface area contributed by atoms with Gasteiger partial charge < -0.3 is 9.05 Å². The van der Waals surface area contributed by atoms with Crippen LogP contribution in [0.5, 0.6) is 0 Å². The van der Waals surface area contributed by atoms with Gasteiger partial charge in [0.15, 0.2) is 8.38 Å². The van der Waals surface area contributed by atoms with Gasteiger partial charge in [0.2, 0.25) is 0 Å². The average Bonchev–Trinajstić information content (AvgIpc) is 2.58. The summed E-state index contributed by atoms with van der Waals surface area (Å²) in [6.07, 6.45) is 6.86. The maximum Gasteiger partial charge on any atom is 0.173 e. The molecule has 2 rings (SSSR count). The standard InChI is InChI=1S/C8H15O2P/c1-2-4-8(5-3-1)11-9-6-7-10-11/h8H,1-7H2. The van der Waals surface area contributed by atoms with Crippen LogP contribution in [0.4, 0.5) is 0 Å². The molecule has 2 aliphatic rings. The lowest BCUT2D eigenvalue weighted by Gasteiger charge is -2.24. The summed E-state index contributed by atoms with van der Waals surface area (Å²) in [4.78, 5) is 0. The largest absolute Gasteiger partial charge is 0.331 e. The Morgan fingerprint density at radius 3 is 2.18 bits per heavy atom. The first-order chi connectivity index (χ1) is 5.47. The van der Waals surface area contributed by atoms with Gasteiger partial charge in [-0.3, -0.25) is 0 Å². The Labute approximate surface area is 69.2 Å². The molecule has 2 nitrogen and oxygen atoms in total. The molecule has 0 N–H and O–H groups in total. The molecule has 0 aromatic heterocycles. The first kappa shape index (κ1) is 7.97. The summed E-state index contributed by atoms with van der Waals surface area (Å²) in [5.74, 6) is 0. The molecule has 1 aliphatic heterocycles. The molecule has 64 valence electrons. The summed E-state index contributed by atoms with van der Waals surface area (Å²) in [5, 5.41) is 0. The van der Waals surface area contributed by atoms with Crippen molar-refractivity contribution in [3.8, 4) is 0 Å². The van der Waals surface area contributed by atoms with Crippen LogP contribution in [0, 0.1) is 0 Å². The van der Waals surface area contributed by atoms with E-state index in [1.54, 1.807) is 0 Å². The van der Waals surface area contributed by atoms with E-state index in [2.05, 4.69) is 0 Å². The van der Waals surface area contributed by atoms with E-state index in [1.165, 1.54) is 32.1 Å². The second kappa shape index (κ2) is 3.84. The van der Waals surface area contributed by atoms with Crippen molar-refractivity contribution in [3.05, 3.63) is 0 Å². The molecule has 11 heavy (non-hydrogen) atoms. The van der Waals surface area contributed by atoms with Crippen molar-refractivity contribution in [2.24, 2.45) is 0 Å². The van der Waals surface area contributed by atoms with E-state index in [-0.39, 0.29) is 0 Å². The molecule has 1 heterocycles. The highest BCUT2D eigenvalue weighted by Gasteiger charge is 2.28. The zero-order chi connectivity index (χ0) is 7.52. The van der Waals surface area contributed by atoms with E-state index >= 15 is 0 Å². The number of hydrogen-bond acceptors (Lipinski definition) is 2. The number of hydrogen-bond donors (Lipinski definition) is 0. The van der Waals surface area contributed by atoms with Crippen LogP contribution in [-0.4, -0.2) is 18.9 Å². The number of rotatable bonds is 1. The highest BCUT2D eigenvalue weighted by Crippen LogP contribution is 2.52. The van der Waals surface area contributed by atoms with Crippen molar-refractivity contribution in [1.82, 2.24) is 0 Å². The van der Waals surface area contributed by atoms with Gasteiger partial charge >= 0.3 is 0 Å². The van der Waals surface area contributed by atoms with Crippen LogP contribution in [0.15, 0.2) is 0 Å². The molecule has 0 aromatic rings. The summed E-state index contributed by atoms with van der Waals surface area (Å²) < 4.78 is 11.1. The predicted octanol–water partition coefficient (Wildman–Crippen LogP) is 2.68. The van der Waals surface area contributed by atoms with Crippen molar-refractivity contribution in [1.29, 1.82) is 0 Å². The third kappa shape index (κ3) is 1.93. The lowest BCUT2D eigenvalue weighted by molar-refractivity contribution is 0.365. The van der Waals surface area contributed by atoms with E-state index < -0.39 is 8.38 Å². The molecule has 0 radical (unpaired) electrons. The lowest BCUT2D eigenvalue weighted by atomic mass is 10.0. The molecule has 3 heteroatoms. The molecule has 1 saturated heterocycles. The van der Waals surface area contributed by atoms with E-state index in [9.17, 15) is 0 Å². The maximum absolute atomic E-state index is 5.54. The van der Waals surface area contributed by atoms with Crippen LogP contribution < -0.4 is 0 Å². The van der Waals surface area contributed by atoms with Crippen LogP contribution >= 0.6 is 8.38 Å². The molecule has 0 atom stereocenters. The summed E-state index contributed by atoms with van der Waals surface area (Å²) in [7, 11) is -0.463. The minimum absolute atomic E-state index is 0.463. The van der Waals surface area contributed by atoms with Crippen molar-refractivity contribution >= 4 is 8.38 Å². The SMILES string of the molecule is C1CCC(P2OCCO2)CC1. The zero-order valence-electron chi connectivity index (χ0n) is 6.79. The Hall–Kier alpha value is 0.350. The van der Waals surface area contributed by atoms with Crippen LogP contribution in [0.2, 0.25) is 0 Å². The topological polar surface area (TPSA) is 18.5 Å². The van der Waals surface area contributed by atoms with Gasteiger partial charge in [0.25, 0.3) is 0 Å². The molecule has 0 bridgehead atoms. The normalized spacial score (nSPS) is 29.5. The smallest absolute Gasteiger partial charge is 0.173 e. The second-order valence-electron chi connectivity index (χ2n) is 3.24. The fourth-order valence-corrected chi connectivity index (χ4v) is 3.59. The Bertz CT molecular complexity index is 117. The highest BCUT2D eigenvalue weighted by atomic mass is 31.2. The molecule has 1 aliphatic carbocycles. The van der Waals surface area contributed by atoms with E-state index in [1.807, 2.05) is 0 Å². The van der Waals surface area contributed by atoms with E-state index in [0.29, 0.717) is 0 Å². The fourth-order valence-electron chi connectivity index (χ4n) is 1.79. The van der Waals surface area contributed by atoms with Crippen molar-refractivity contribution in [2.45, 2.75) is 37.8 Å². The molecule has 0 spiro atoms. The summed E-state index contributed by atoms with van der Waals surface area (Å²) in [6.45, 7) is 1.67. The van der Waals surface area contributed by atoms with Gasteiger partial charge in [0, 0.05) is 5.66 Å². The van der Waals surface area contributed by atoms with Crippen LogP contribution in [0.25, 0.3) is 0 Å². The van der Waals surface area contributed by atoms with Crippen LogP contribution in [0.1, 0.15) is 32.1 Å². The van der Waals surface area contributed by atoms with E-state index in [0.717, 1.165) is 18.9 Å². The van der Waals surface area contributed by atoms with Gasteiger partial charge in [0.05, 0.1) is 13.2 Å². The Kier molecular flexibility index (Phi) is 2.78. The minimum atomic E-state index is -0.463. The molecule has 0 amide bonds. The summed E-state index contributed by atoms with van der Waals surface area (Å²) in [6, 6.07) is 0. The second-order valence-corrected chi connectivity index (χ2v) is 5.06. The van der Waals surface area contributed by atoms with Crippen LogP contribution in [0.3, 0.4) is 0 Å². The van der Waals surface area contributed by atoms with E-state index in [4.69, 9.17) is 9.05 Å². The van der Waals surface area contributed by atoms with Crippen molar-refractivity contribution in [2.75, 3.05) is 13.2 Å². The van der Waals surface area contributed by atoms with Crippen molar-refractivity contribution < 1.29 is 9.05 Å². The van der Waals surface area contributed by atoms with Gasteiger partial charge in [-0.1, -0.05) is 19.3 Å². The first-order valence-corrected chi connectivity index (χ1v) is 5.76.